The highest BCUT2D eigenvalue weighted by molar-refractivity contribution is 6.27. The van der Waals surface area contributed by atoms with Crippen molar-refractivity contribution >= 4 is 11.9 Å². The van der Waals surface area contributed by atoms with Gasteiger partial charge in [-0.15, -0.1) is 0 Å². The van der Waals surface area contributed by atoms with E-state index < -0.39 is 11.9 Å². The van der Waals surface area contributed by atoms with Gasteiger partial charge >= 0.3 is 11.9 Å². The zero-order chi connectivity index (χ0) is 22.1. The van der Waals surface area contributed by atoms with E-state index in [2.05, 4.69) is 51.2 Å². The Morgan fingerprint density at radius 2 is 1.52 bits per heavy atom. The molecule has 4 rings (SSSR count). The minimum Gasteiger partial charge on any atom is -0.473 e. The fourth-order valence-corrected chi connectivity index (χ4v) is 4.54. The number of piperazine rings is 1. The number of carboxylic acid groups (broad SMARTS) is 2. The Morgan fingerprint density at radius 3 is 2.06 bits per heavy atom. The van der Waals surface area contributed by atoms with Crippen molar-refractivity contribution in [1.82, 2.24) is 14.8 Å². The van der Waals surface area contributed by atoms with Crippen LogP contribution in [0, 0.1) is 0 Å². The molecule has 1 saturated carbocycles. The summed E-state index contributed by atoms with van der Waals surface area (Å²) in [4.78, 5) is 27.8. The number of hydrogen-bond donors (Lipinski definition) is 2. The molecule has 166 valence electrons. The zero-order valence-corrected chi connectivity index (χ0v) is 17.8. The van der Waals surface area contributed by atoms with Crippen molar-refractivity contribution in [2.45, 2.75) is 44.2 Å². The number of hydrogen-bond acceptors (Lipinski definition) is 5. The molecular weight excluding hydrogens is 394 g/mol. The van der Waals surface area contributed by atoms with Gasteiger partial charge in [-0.25, -0.2) is 9.59 Å². The number of aromatic nitrogens is 1. The second-order valence-electron chi connectivity index (χ2n) is 8.20. The Bertz CT molecular complexity index is 803. The minimum atomic E-state index is -1.82. The molecule has 1 aliphatic heterocycles. The molecule has 2 aromatic rings. The summed E-state index contributed by atoms with van der Waals surface area (Å²) in [6, 6.07) is 16.1. The molecule has 0 radical (unpaired) electrons. The Labute approximate surface area is 183 Å². The maximum Gasteiger partial charge on any atom is 0.414 e. The fourth-order valence-electron chi connectivity index (χ4n) is 4.54. The van der Waals surface area contributed by atoms with Gasteiger partial charge in [0.1, 0.15) is 0 Å². The van der Waals surface area contributed by atoms with E-state index in [0.717, 1.165) is 18.5 Å². The van der Waals surface area contributed by atoms with Crippen LogP contribution in [0.3, 0.4) is 0 Å². The highest BCUT2D eigenvalue weighted by atomic mass is 16.4. The lowest BCUT2D eigenvalue weighted by Crippen LogP contribution is -2.50. The lowest BCUT2D eigenvalue weighted by atomic mass is 9.81. The molecule has 0 spiro atoms. The number of rotatable bonds is 4. The van der Waals surface area contributed by atoms with Gasteiger partial charge in [-0.3, -0.25) is 14.8 Å². The molecule has 2 fully saturated rings. The average Bonchev–Trinajstić information content (AvgIpc) is 2.81. The van der Waals surface area contributed by atoms with Gasteiger partial charge in [0.25, 0.3) is 0 Å². The van der Waals surface area contributed by atoms with Gasteiger partial charge in [0.15, 0.2) is 0 Å². The molecule has 1 saturated heterocycles. The third-order valence-electron chi connectivity index (χ3n) is 6.20. The monoisotopic (exact) mass is 425 g/mol. The van der Waals surface area contributed by atoms with Crippen LogP contribution >= 0.6 is 0 Å². The summed E-state index contributed by atoms with van der Waals surface area (Å²) in [6.07, 6.45) is 9.28. The van der Waals surface area contributed by atoms with Crippen LogP contribution in [0.25, 0.3) is 0 Å². The summed E-state index contributed by atoms with van der Waals surface area (Å²) in [5.74, 6) is -2.87. The second-order valence-corrected chi connectivity index (χ2v) is 8.20. The maximum absolute atomic E-state index is 9.10. The molecule has 1 aliphatic carbocycles. The molecule has 0 unspecified atom stereocenters. The lowest BCUT2D eigenvalue weighted by molar-refractivity contribution is -0.159. The van der Waals surface area contributed by atoms with E-state index in [9.17, 15) is 0 Å². The number of aliphatic carboxylic acids is 2. The van der Waals surface area contributed by atoms with Gasteiger partial charge in [0, 0.05) is 51.2 Å². The third kappa shape index (κ3) is 7.15. The molecule has 2 aliphatic rings. The van der Waals surface area contributed by atoms with Crippen LogP contribution in [-0.2, 0) is 16.1 Å². The number of pyridine rings is 1. The number of nitrogens with zero attached hydrogens (tertiary/aromatic N) is 3. The van der Waals surface area contributed by atoms with Crippen molar-refractivity contribution in [2.24, 2.45) is 0 Å². The van der Waals surface area contributed by atoms with Gasteiger partial charge in [0.05, 0.1) is 0 Å². The summed E-state index contributed by atoms with van der Waals surface area (Å²) >= 11 is 0. The van der Waals surface area contributed by atoms with Gasteiger partial charge in [-0.1, -0.05) is 36.4 Å². The first-order valence-electron chi connectivity index (χ1n) is 10.9. The van der Waals surface area contributed by atoms with Crippen LogP contribution < -0.4 is 0 Å². The van der Waals surface area contributed by atoms with E-state index in [1.807, 2.05) is 18.5 Å². The Hall–Kier alpha value is -2.77. The Balaban J connectivity index is 0.000000401. The molecule has 0 amide bonds. The van der Waals surface area contributed by atoms with Crippen LogP contribution in [0.1, 0.15) is 42.7 Å². The molecule has 1 aromatic carbocycles. The summed E-state index contributed by atoms with van der Waals surface area (Å²) < 4.78 is 0. The molecule has 2 N–H and O–H groups in total. The average molecular weight is 426 g/mol. The highest BCUT2D eigenvalue weighted by Gasteiger charge is 2.28. The molecule has 31 heavy (non-hydrogen) atoms. The normalized spacial score (nSPS) is 22.2. The molecule has 0 atom stereocenters. The van der Waals surface area contributed by atoms with E-state index in [0.29, 0.717) is 0 Å². The van der Waals surface area contributed by atoms with E-state index in [1.165, 1.54) is 57.4 Å². The van der Waals surface area contributed by atoms with Crippen molar-refractivity contribution in [3.63, 3.8) is 0 Å². The van der Waals surface area contributed by atoms with Crippen molar-refractivity contribution in [3.05, 3.63) is 66.0 Å². The van der Waals surface area contributed by atoms with E-state index >= 15 is 0 Å². The molecule has 7 heteroatoms. The topological polar surface area (TPSA) is 94.0 Å². The summed E-state index contributed by atoms with van der Waals surface area (Å²) in [6.45, 7) is 5.87. The van der Waals surface area contributed by atoms with Crippen molar-refractivity contribution < 1.29 is 19.8 Å². The lowest BCUT2D eigenvalue weighted by Gasteiger charge is -2.42. The van der Waals surface area contributed by atoms with Crippen molar-refractivity contribution in [1.29, 1.82) is 0 Å². The highest BCUT2D eigenvalue weighted by Crippen LogP contribution is 2.34. The third-order valence-corrected chi connectivity index (χ3v) is 6.20. The van der Waals surface area contributed by atoms with Crippen LogP contribution in [0.5, 0.6) is 0 Å². The van der Waals surface area contributed by atoms with Crippen LogP contribution in [0.15, 0.2) is 54.9 Å². The smallest absolute Gasteiger partial charge is 0.414 e. The van der Waals surface area contributed by atoms with Gasteiger partial charge in [0.2, 0.25) is 0 Å². The molecule has 0 bridgehead atoms. The van der Waals surface area contributed by atoms with E-state index in [4.69, 9.17) is 19.8 Å². The SMILES string of the molecule is O=C(O)C(=O)O.c1ccc(C2CCC(N3CCN(Cc4cccnc4)CC3)CC2)cc1. The van der Waals surface area contributed by atoms with Crippen molar-refractivity contribution in [3.8, 4) is 0 Å². The zero-order valence-electron chi connectivity index (χ0n) is 17.8. The first-order valence-corrected chi connectivity index (χ1v) is 10.9. The minimum absolute atomic E-state index is 0.782. The number of carbonyl (C=O) groups is 2. The first kappa shape index (κ1) is 22.9. The first-order chi connectivity index (χ1) is 15.0. The fraction of sp³-hybridized carbons (Fsp3) is 0.458. The van der Waals surface area contributed by atoms with Crippen LogP contribution in [-0.4, -0.2) is 69.2 Å². The van der Waals surface area contributed by atoms with Gasteiger partial charge in [-0.2, -0.15) is 0 Å². The maximum atomic E-state index is 9.10. The van der Waals surface area contributed by atoms with E-state index in [-0.39, 0.29) is 0 Å². The predicted molar refractivity (Wildman–Crippen MR) is 118 cm³/mol. The Kier molecular flexibility index (Phi) is 8.55. The number of benzene rings is 1. The number of carboxylic acids is 2. The molecular formula is C24H31N3O4. The van der Waals surface area contributed by atoms with Crippen LogP contribution in [0.2, 0.25) is 0 Å². The van der Waals surface area contributed by atoms with Gasteiger partial charge in [-0.05, 0) is 48.8 Å². The largest absolute Gasteiger partial charge is 0.473 e. The predicted octanol–water partition coefficient (Wildman–Crippen LogP) is 3.08. The Morgan fingerprint density at radius 1 is 0.871 bits per heavy atom. The van der Waals surface area contributed by atoms with Gasteiger partial charge < -0.3 is 10.2 Å². The van der Waals surface area contributed by atoms with E-state index in [1.54, 1.807) is 5.56 Å². The van der Waals surface area contributed by atoms with Crippen LogP contribution in [0.4, 0.5) is 0 Å². The second kappa shape index (κ2) is 11.6. The molecule has 1 aromatic heterocycles. The standard InChI is InChI=1S/C22H29N3.C2H2O4/c1-2-6-20(7-3-1)21-8-10-22(11-9-21)25-15-13-24(14-16-25)18-19-5-4-12-23-17-19;3-1(4)2(5)6/h1-7,12,17,21-22H,8-11,13-16,18H2;(H,3,4)(H,5,6). The molecule has 2 heterocycles. The molecule has 7 nitrogen and oxygen atoms in total. The quantitative estimate of drug-likeness (QED) is 0.727. The van der Waals surface area contributed by atoms with Crippen molar-refractivity contribution in [2.75, 3.05) is 26.2 Å². The summed E-state index contributed by atoms with van der Waals surface area (Å²) in [5.41, 5.74) is 2.88. The summed E-state index contributed by atoms with van der Waals surface area (Å²) in [7, 11) is 0. The summed E-state index contributed by atoms with van der Waals surface area (Å²) in [5, 5.41) is 14.8.